The molecule has 0 aliphatic heterocycles. The van der Waals surface area contributed by atoms with E-state index in [1.807, 2.05) is 42.8 Å². The van der Waals surface area contributed by atoms with Gasteiger partial charge in [0.05, 0.1) is 23.5 Å². The average Bonchev–Trinajstić information content (AvgIpc) is 2.79. The number of para-hydroxylation sites is 1. The van der Waals surface area contributed by atoms with E-state index in [2.05, 4.69) is 15.7 Å². The maximum Gasteiger partial charge on any atom is 0.171 e. The highest BCUT2D eigenvalue weighted by atomic mass is 35.5. The van der Waals surface area contributed by atoms with Crippen LogP contribution in [0.25, 0.3) is 0 Å². The van der Waals surface area contributed by atoms with Crippen molar-refractivity contribution in [2.24, 2.45) is 0 Å². The molecule has 0 aliphatic rings. The third-order valence-electron chi connectivity index (χ3n) is 3.01. The number of anilines is 1. The Balaban J connectivity index is 1.96. The van der Waals surface area contributed by atoms with Crippen molar-refractivity contribution in [2.75, 3.05) is 5.32 Å². The Morgan fingerprint density at radius 3 is 2.85 bits per heavy atom. The van der Waals surface area contributed by atoms with Crippen LogP contribution in [0.1, 0.15) is 18.2 Å². The van der Waals surface area contributed by atoms with Crippen LogP contribution in [0.5, 0.6) is 0 Å². The number of nitrogens with zero attached hydrogens (tertiary/aromatic N) is 2. The van der Waals surface area contributed by atoms with E-state index in [9.17, 15) is 0 Å². The summed E-state index contributed by atoms with van der Waals surface area (Å²) in [5.74, 6) is 0. The average molecular weight is 309 g/mol. The molecule has 1 aromatic carbocycles. The van der Waals surface area contributed by atoms with Crippen molar-refractivity contribution in [3.63, 3.8) is 0 Å². The second-order valence-corrected chi connectivity index (χ2v) is 5.19. The molecule has 2 N–H and O–H groups in total. The van der Waals surface area contributed by atoms with Crippen LogP contribution in [-0.2, 0) is 13.1 Å². The number of aryl methyl sites for hydroxylation is 2. The smallest absolute Gasteiger partial charge is 0.171 e. The lowest BCUT2D eigenvalue weighted by atomic mass is 10.2. The first-order valence-electron chi connectivity index (χ1n) is 6.42. The van der Waals surface area contributed by atoms with Gasteiger partial charge in [0.1, 0.15) is 0 Å². The van der Waals surface area contributed by atoms with Gasteiger partial charge in [-0.1, -0.05) is 29.8 Å². The standard InChI is InChI=1S/C14H17ClN4S/c1-3-19-13(11(15)8-17-19)9-16-14(20)18-12-7-5-4-6-10(12)2/h4-8H,3,9H2,1-2H3,(H2,16,18,20). The molecule has 0 atom stereocenters. The molecule has 0 spiro atoms. The summed E-state index contributed by atoms with van der Waals surface area (Å²) in [4.78, 5) is 0. The summed E-state index contributed by atoms with van der Waals surface area (Å²) in [5, 5.41) is 11.7. The van der Waals surface area contributed by atoms with E-state index in [0.29, 0.717) is 16.7 Å². The molecule has 0 saturated carbocycles. The summed E-state index contributed by atoms with van der Waals surface area (Å²) >= 11 is 11.4. The number of halogens is 1. The van der Waals surface area contributed by atoms with Gasteiger partial charge in [-0.05, 0) is 37.7 Å². The van der Waals surface area contributed by atoms with E-state index in [-0.39, 0.29) is 0 Å². The number of aromatic nitrogens is 2. The number of hydrogen-bond acceptors (Lipinski definition) is 2. The molecule has 0 fully saturated rings. The van der Waals surface area contributed by atoms with Gasteiger partial charge < -0.3 is 10.6 Å². The van der Waals surface area contributed by atoms with E-state index in [4.69, 9.17) is 23.8 Å². The molecule has 1 heterocycles. The summed E-state index contributed by atoms with van der Waals surface area (Å²) < 4.78 is 1.85. The van der Waals surface area contributed by atoms with Crippen LogP contribution in [0.3, 0.4) is 0 Å². The lowest BCUT2D eigenvalue weighted by Crippen LogP contribution is -2.29. The fraction of sp³-hybridized carbons (Fsp3) is 0.286. The summed E-state index contributed by atoms with van der Waals surface area (Å²) in [6.45, 7) is 5.39. The highest BCUT2D eigenvalue weighted by Gasteiger charge is 2.08. The fourth-order valence-corrected chi connectivity index (χ4v) is 2.27. The minimum Gasteiger partial charge on any atom is -0.357 e. The summed E-state index contributed by atoms with van der Waals surface area (Å²) in [6.07, 6.45) is 1.65. The predicted octanol–water partition coefficient (Wildman–Crippen LogP) is 3.35. The van der Waals surface area contributed by atoms with Crippen LogP contribution in [0.2, 0.25) is 5.02 Å². The first-order chi connectivity index (χ1) is 9.61. The fourth-order valence-electron chi connectivity index (χ4n) is 1.88. The van der Waals surface area contributed by atoms with E-state index >= 15 is 0 Å². The number of nitrogens with one attached hydrogen (secondary N) is 2. The largest absolute Gasteiger partial charge is 0.357 e. The molecule has 6 heteroatoms. The van der Waals surface area contributed by atoms with Gasteiger partial charge in [0.25, 0.3) is 0 Å². The number of hydrogen-bond donors (Lipinski definition) is 2. The van der Waals surface area contributed by atoms with Crippen LogP contribution in [-0.4, -0.2) is 14.9 Å². The molecule has 4 nitrogen and oxygen atoms in total. The maximum atomic E-state index is 6.11. The molecule has 0 aliphatic carbocycles. The molecule has 2 aromatic rings. The quantitative estimate of drug-likeness (QED) is 0.850. The Bertz CT molecular complexity index is 609. The van der Waals surface area contributed by atoms with Crippen LogP contribution in [0, 0.1) is 6.92 Å². The van der Waals surface area contributed by atoms with Crippen molar-refractivity contribution in [1.82, 2.24) is 15.1 Å². The molecule has 1 aromatic heterocycles. The Hall–Kier alpha value is -1.59. The van der Waals surface area contributed by atoms with Gasteiger partial charge in [0, 0.05) is 12.2 Å². The molecular weight excluding hydrogens is 292 g/mol. The number of benzene rings is 1. The highest BCUT2D eigenvalue weighted by molar-refractivity contribution is 7.80. The normalized spacial score (nSPS) is 10.3. The SMILES string of the molecule is CCn1ncc(Cl)c1CNC(=S)Nc1ccccc1C. The minimum absolute atomic E-state index is 0.546. The topological polar surface area (TPSA) is 41.9 Å². The van der Waals surface area contributed by atoms with Crippen LogP contribution >= 0.6 is 23.8 Å². The maximum absolute atomic E-state index is 6.11. The van der Waals surface area contributed by atoms with E-state index in [1.165, 1.54) is 0 Å². The zero-order chi connectivity index (χ0) is 14.5. The van der Waals surface area contributed by atoms with Gasteiger partial charge in [-0.15, -0.1) is 0 Å². The van der Waals surface area contributed by atoms with E-state index in [0.717, 1.165) is 23.5 Å². The van der Waals surface area contributed by atoms with Crippen LogP contribution < -0.4 is 10.6 Å². The zero-order valence-corrected chi connectivity index (χ0v) is 13.1. The summed E-state index contributed by atoms with van der Waals surface area (Å²) in [5.41, 5.74) is 3.08. The Morgan fingerprint density at radius 1 is 1.40 bits per heavy atom. The second kappa shape index (κ2) is 6.72. The molecule has 20 heavy (non-hydrogen) atoms. The van der Waals surface area contributed by atoms with Crippen molar-refractivity contribution < 1.29 is 0 Å². The van der Waals surface area contributed by atoms with Gasteiger partial charge in [0.2, 0.25) is 0 Å². The third-order valence-corrected chi connectivity index (χ3v) is 3.57. The van der Waals surface area contributed by atoms with Crippen molar-refractivity contribution in [3.05, 3.63) is 46.7 Å². The number of thiocarbonyl (C=S) groups is 1. The van der Waals surface area contributed by atoms with Gasteiger partial charge >= 0.3 is 0 Å². The summed E-state index contributed by atoms with van der Waals surface area (Å²) in [7, 11) is 0. The predicted molar refractivity (Wildman–Crippen MR) is 87.2 cm³/mol. The first kappa shape index (κ1) is 14.8. The molecule has 0 radical (unpaired) electrons. The molecule has 0 saturated heterocycles. The Kier molecular flexibility index (Phi) is 4.98. The highest BCUT2D eigenvalue weighted by Crippen LogP contribution is 2.15. The molecule has 106 valence electrons. The van der Waals surface area contributed by atoms with E-state index in [1.54, 1.807) is 6.20 Å². The van der Waals surface area contributed by atoms with Crippen LogP contribution in [0.4, 0.5) is 5.69 Å². The second-order valence-electron chi connectivity index (χ2n) is 4.38. The van der Waals surface area contributed by atoms with Crippen LogP contribution in [0.15, 0.2) is 30.5 Å². The van der Waals surface area contributed by atoms with Crippen molar-refractivity contribution >= 4 is 34.6 Å². The van der Waals surface area contributed by atoms with Gasteiger partial charge in [0.15, 0.2) is 5.11 Å². The van der Waals surface area contributed by atoms with E-state index < -0.39 is 0 Å². The molecule has 0 unspecified atom stereocenters. The lowest BCUT2D eigenvalue weighted by Gasteiger charge is -2.13. The van der Waals surface area contributed by atoms with Crippen molar-refractivity contribution in [3.8, 4) is 0 Å². The van der Waals surface area contributed by atoms with Crippen molar-refractivity contribution in [2.45, 2.75) is 26.9 Å². The van der Waals surface area contributed by atoms with Gasteiger partial charge in [-0.2, -0.15) is 5.10 Å². The summed E-state index contributed by atoms with van der Waals surface area (Å²) in [6, 6.07) is 8.00. The van der Waals surface area contributed by atoms with Gasteiger partial charge in [-0.3, -0.25) is 4.68 Å². The van der Waals surface area contributed by atoms with Crippen molar-refractivity contribution in [1.29, 1.82) is 0 Å². The first-order valence-corrected chi connectivity index (χ1v) is 7.21. The zero-order valence-electron chi connectivity index (χ0n) is 11.5. The monoisotopic (exact) mass is 308 g/mol. The Labute approximate surface area is 129 Å². The number of rotatable bonds is 4. The van der Waals surface area contributed by atoms with Gasteiger partial charge in [-0.25, -0.2) is 0 Å². The lowest BCUT2D eigenvalue weighted by molar-refractivity contribution is 0.614. The Morgan fingerprint density at radius 2 is 2.15 bits per heavy atom. The minimum atomic E-state index is 0.546. The molecular formula is C14H17ClN4S. The molecule has 2 rings (SSSR count). The molecule has 0 bridgehead atoms. The molecule has 0 amide bonds. The third kappa shape index (κ3) is 3.49.